The van der Waals surface area contributed by atoms with E-state index in [1.54, 1.807) is 19.0 Å². The minimum absolute atomic E-state index is 0.0264. The molecule has 0 aliphatic carbocycles. The van der Waals surface area contributed by atoms with Crippen molar-refractivity contribution in [2.45, 2.75) is 44.7 Å². The van der Waals surface area contributed by atoms with E-state index in [9.17, 15) is 9.59 Å². The number of carbonyl (C=O) groups is 2. The van der Waals surface area contributed by atoms with Crippen molar-refractivity contribution in [1.82, 2.24) is 24.9 Å². The molecule has 1 N–H and O–H groups in total. The van der Waals surface area contributed by atoms with Gasteiger partial charge in [-0.2, -0.15) is 5.10 Å². The van der Waals surface area contributed by atoms with Gasteiger partial charge in [0.2, 0.25) is 0 Å². The molecule has 3 amide bonds. The number of piperidine rings is 1. The van der Waals surface area contributed by atoms with Gasteiger partial charge in [-0.15, -0.1) is 11.3 Å². The summed E-state index contributed by atoms with van der Waals surface area (Å²) in [4.78, 5) is 30.2. The van der Waals surface area contributed by atoms with Crippen molar-refractivity contribution in [3.05, 3.63) is 16.6 Å². The molecule has 2 fully saturated rings. The zero-order chi connectivity index (χ0) is 20.5. The lowest BCUT2D eigenvalue weighted by Crippen LogP contribution is -2.49. The fraction of sp³-hybridized carbons (Fsp3) is 0.650. The Hall–Kier alpha value is -2.13. The standard InChI is InChI=1S/C20H29N5O3S/c1-13-16-12-17(29-19(16)25(22-13)15-6-10-28-11-7-15)18(26)21-14-4-8-24(9-5-14)20(27)23(2)3/h12,14-15H,4-11H2,1-3H3,(H,21,26). The van der Waals surface area contributed by atoms with Crippen molar-refractivity contribution >= 4 is 33.5 Å². The Balaban J connectivity index is 1.42. The summed E-state index contributed by atoms with van der Waals surface area (Å²) in [5.41, 5.74) is 0.970. The quantitative estimate of drug-likeness (QED) is 0.829. The molecule has 0 aromatic carbocycles. The van der Waals surface area contributed by atoms with Gasteiger partial charge in [0.25, 0.3) is 5.91 Å². The van der Waals surface area contributed by atoms with Gasteiger partial charge in [0.05, 0.1) is 16.6 Å². The van der Waals surface area contributed by atoms with E-state index in [-0.39, 0.29) is 18.0 Å². The molecule has 0 unspecified atom stereocenters. The summed E-state index contributed by atoms with van der Waals surface area (Å²) < 4.78 is 7.57. The molecular weight excluding hydrogens is 390 g/mol. The van der Waals surface area contributed by atoms with Crippen molar-refractivity contribution in [3.8, 4) is 0 Å². The molecule has 9 heteroatoms. The molecule has 4 rings (SSSR count). The van der Waals surface area contributed by atoms with Gasteiger partial charge in [-0.25, -0.2) is 4.79 Å². The molecule has 29 heavy (non-hydrogen) atoms. The highest BCUT2D eigenvalue weighted by atomic mass is 32.1. The van der Waals surface area contributed by atoms with E-state index in [2.05, 4.69) is 10.00 Å². The first-order valence-corrected chi connectivity index (χ1v) is 11.1. The molecule has 2 aromatic heterocycles. The molecule has 2 aliphatic heterocycles. The third kappa shape index (κ3) is 4.11. The number of nitrogens with one attached hydrogen (secondary N) is 1. The Morgan fingerprint density at radius 1 is 1.21 bits per heavy atom. The molecule has 8 nitrogen and oxygen atoms in total. The van der Waals surface area contributed by atoms with E-state index >= 15 is 0 Å². The highest BCUT2D eigenvalue weighted by Gasteiger charge is 2.27. The van der Waals surface area contributed by atoms with Gasteiger partial charge in [-0.3, -0.25) is 9.48 Å². The monoisotopic (exact) mass is 419 g/mol. The zero-order valence-corrected chi connectivity index (χ0v) is 18.1. The van der Waals surface area contributed by atoms with Crippen LogP contribution in [0.1, 0.15) is 47.1 Å². The summed E-state index contributed by atoms with van der Waals surface area (Å²) in [6.45, 7) is 4.88. The van der Waals surface area contributed by atoms with E-state index in [1.165, 1.54) is 11.3 Å². The lowest BCUT2D eigenvalue weighted by Gasteiger charge is -2.33. The molecule has 0 spiro atoms. The molecule has 2 aliphatic rings. The van der Waals surface area contributed by atoms with E-state index in [0.29, 0.717) is 19.1 Å². The lowest BCUT2D eigenvalue weighted by atomic mass is 10.1. The van der Waals surface area contributed by atoms with Gasteiger partial charge in [0, 0.05) is 51.8 Å². The summed E-state index contributed by atoms with van der Waals surface area (Å²) >= 11 is 1.52. The van der Waals surface area contributed by atoms with Crippen molar-refractivity contribution in [2.24, 2.45) is 0 Å². The zero-order valence-electron chi connectivity index (χ0n) is 17.3. The Morgan fingerprint density at radius 3 is 2.55 bits per heavy atom. The largest absolute Gasteiger partial charge is 0.381 e. The van der Waals surface area contributed by atoms with Crippen LogP contribution in [0.15, 0.2) is 6.07 Å². The maximum Gasteiger partial charge on any atom is 0.319 e. The number of aryl methyl sites for hydroxylation is 1. The first-order valence-electron chi connectivity index (χ1n) is 10.3. The normalized spacial score (nSPS) is 18.9. The molecule has 2 saturated heterocycles. The lowest BCUT2D eigenvalue weighted by molar-refractivity contribution is 0.0675. The predicted octanol–water partition coefficient (Wildman–Crippen LogP) is 2.63. The van der Waals surface area contributed by atoms with Gasteiger partial charge in [-0.1, -0.05) is 0 Å². The molecule has 0 bridgehead atoms. The van der Waals surface area contributed by atoms with E-state index < -0.39 is 0 Å². The number of fused-ring (bicyclic) bond motifs is 1. The molecule has 158 valence electrons. The summed E-state index contributed by atoms with van der Waals surface area (Å²) in [5, 5.41) is 8.96. The molecule has 4 heterocycles. The predicted molar refractivity (Wildman–Crippen MR) is 113 cm³/mol. The topological polar surface area (TPSA) is 79.7 Å². The molecule has 0 radical (unpaired) electrons. The first kappa shape index (κ1) is 20.2. The Kier molecular flexibility index (Phi) is 5.78. The maximum atomic E-state index is 12.9. The summed E-state index contributed by atoms with van der Waals surface area (Å²) in [6, 6.07) is 2.45. The second kappa shape index (κ2) is 8.31. The SMILES string of the molecule is Cc1nn(C2CCOCC2)c2sc(C(=O)NC3CCN(C(=O)N(C)C)CC3)cc12. The van der Waals surface area contributed by atoms with Crippen LogP contribution in [-0.4, -0.2) is 78.0 Å². The van der Waals surface area contributed by atoms with E-state index in [1.807, 2.05) is 17.9 Å². The summed E-state index contributed by atoms with van der Waals surface area (Å²) in [7, 11) is 3.53. The molecule has 2 aromatic rings. The summed E-state index contributed by atoms with van der Waals surface area (Å²) in [6.07, 6.45) is 3.48. The number of hydrogen-bond acceptors (Lipinski definition) is 5. The number of rotatable bonds is 3. The third-order valence-corrected chi connectivity index (χ3v) is 6.94. The van der Waals surface area contributed by atoms with Gasteiger partial charge in [0.15, 0.2) is 0 Å². The second-order valence-electron chi connectivity index (χ2n) is 8.11. The number of thiophene rings is 1. The summed E-state index contributed by atoms with van der Waals surface area (Å²) in [5.74, 6) is -0.0264. The number of hydrogen-bond donors (Lipinski definition) is 1. The minimum Gasteiger partial charge on any atom is -0.381 e. The van der Waals surface area contributed by atoms with Crippen LogP contribution in [0.25, 0.3) is 10.2 Å². The minimum atomic E-state index is -0.0264. The second-order valence-corrected chi connectivity index (χ2v) is 9.15. The number of ether oxygens (including phenoxy) is 1. The van der Waals surface area contributed by atoms with Crippen LogP contribution >= 0.6 is 11.3 Å². The highest BCUT2D eigenvalue weighted by Crippen LogP contribution is 2.33. The number of likely N-dealkylation sites (tertiary alicyclic amines) is 1. The molecule has 0 atom stereocenters. The van der Waals surface area contributed by atoms with Crippen molar-refractivity contribution in [1.29, 1.82) is 0 Å². The fourth-order valence-corrected chi connectivity index (χ4v) is 5.25. The van der Waals surface area contributed by atoms with Crippen molar-refractivity contribution in [2.75, 3.05) is 40.4 Å². The number of carbonyl (C=O) groups excluding carboxylic acids is 2. The van der Waals surface area contributed by atoms with Crippen LogP contribution in [-0.2, 0) is 4.74 Å². The van der Waals surface area contributed by atoms with Gasteiger partial charge in [0.1, 0.15) is 4.83 Å². The smallest absolute Gasteiger partial charge is 0.319 e. The number of nitrogens with zero attached hydrogens (tertiary/aromatic N) is 4. The Bertz CT molecular complexity index is 891. The highest BCUT2D eigenvalue weighted by molar-refractivity contribution is 7.20. The molecule has 0 saturated carbocycles. The number of aromatic nitrogens is 2. The van der Waals surface area contributed by atoms with Crippen LogP contribution in [0.4, 0.5) is 4.79 Å². The van der Waals surface area contributed by atoms with Crippen LogP contribution in [0.3, 0.4) is 0 Å². The van der Waals surface area contributed by atoms with Gasteiger partial charge < -0.3 is 19.9 Å². The van der Waals surface area contributed by atoms with Crippen LogP contribution in [0.5, 0.6) is 0 Å². The van der Waals surface area contributed by atoms with Gasteiger partial charge in [-0.05, 0) is 38.7 Å². The number of amides is 3. The van der Waals surface area contributed by atoms with Crippen LogP contribution < -0.4 is 5.32 Å². The fourth-order valence-electron chi connectivity index (χ4n) is 4.12. The van der Waals surface area contributed by atoms with Crippen molar-refractivity contribution < 1.29 is 14.3 Å². The molecular formula is C20H29N5O3S. The number of urea groups is 1. The Labute approximate surface area is 174 Å². The van der Waals surface area contributed by atoms with Crippen LogP contribution in [0.2, 0.25) is 0 Å². The van der Waals surface area contributed by atoms with Crippen LogP contribution in [0, 0.1) is 6.92 Å². The Morgan fingerprint density at radius 2 is 1.90 bits per heavy atom. The third-order valence-electron chi connectivity index (χ3n) is 5.81. The van der Waals surface area contributed by atoms with E-state index in [0.717, 1.165) is 59.7 Å². The van der Waals surface area contributed by atoms with Crippen molar-refractivity contribution in [3.63, 3.8) is 0 Å². The van der Waals surface area contributed by atoms with Gasteiger partial charge >= 0.3 is 6.03 Å². The first-order chi connectivity index (χ1) is 13.9. The average Bonchev–Trinajstić information content (AvgIpc) is 3.29. The average molecular weight is 420 g/mol. The maximum absolute atomic E-state index is 12.9. The van der Waals surface area contributed by atoms with E-state index in [4.69, 9.17) is 9.84 Å².